The summed E-state index contributed by atoms with van der Waals surface area (Å²) in [5.74, 6) is -0.286. The van der Waals surface area contributed by atoms with E-state index in [1.165, 1.54) is 6.07 Å². The first-order valence-corrected chi connectivity index (χ1v) is 6.30. The van der Waals surface area contributed by atoms with Crippen LogP contribution in [0.4, 0.5) is 4.39 Å². The number of nitrogens with one attached hydrogen (secondary N) is 1. The molecular weight excluding hydrogens is 272 g/mol. The van der Waals surface area contributed by atoms with E-state index in [9.17, 15) is 4.39 Å². The van der Waals surface area contributed by atoms with Gasteiger partial charge in [-0.2, -0.15) is 0 Å². The van der Waals surface area contributed by atoms with Crippen molar-refractivity contribution >= 4 is 23.2 Å². The van der Waals surface area contributed by atoms with Crippen LogP contribution in [0.3, 0.4) is 0 Å². The molecule has 2 aromatic carbocycles. The molecule has 0 spiro atoms. The predicted molar refractivity (Wildman–Crippen MR) is 73.4 cm³/mol. The lowest BCUT2D eigenvalue weighted by Crippen LogP contribution is -2.13. The molecule has 0 aliphatic heterocycles. The van der Waals surface area contributed by atoms with Gasteiger partial charge in [0.25, 0.3) is 0 Å². The van der Waals surface area contributed by atoms with Crippen LogP contribution in [0.1, 0.15) is 11.1 Å². The zero-order chi connectivity index (χ0) is 13.0. The van der Waals surface area contributed by atoms with Gasteiger partial charge in [0.15, 0.2) is 0 Å². The molecule has 0 atom stereocenters. The van der Waals surface area contributed by atoms with Gasteiger partial charge in [-0.15, -0.1) is 0 Å². The SMILES string of the molecule is Fc1cc(Cl)ccc1CNCc1ccc(Cl)cc1. The Labute approximate surface area is 116 Å². The monoisotopic (exact) mass is 283 g/mol. The summed E-state index contributed by atoms with van der Waals surface area (Å²) in [5, 5.41) is 4.29. The van der Waals surface area contributed by atoms with Gasteiger partial charge >= 0.3 is 0 Å². The predicted octanol–water partition coefficient (Wildman–Crippen LogP) is 4.42. The molecule has 0 aliphatic rings. The molecular formula is C14H12Cl2FN. The average molecular weight is 284 g/mol. The van der Waals surface area contributed by atoms with Crippen molar-refractivity contribution in [2.24, 2.45) is 0 Å². The molecule has 0 unspecified atom stereocenters. The Balaban J connectivity index is 1.90. The van der Waals surface area contributed by atoms with Gasteiger partial charge in [0.05, 0.1) is 0 Å². The molecule has 18 heavy (non-hydrogen) atoms. The summed E-state index contributed by atoms with van der Waals surface area (Å²) in [6.07, 6.45) is 0. The maximum absolute atomic E-state index is 13.5. The van der Waals surface area contributed by atoms with Crippen LogP contribution in [-0.4, -0.2) is 0 Å². The second kappa shape index (κ2) is 6.19. The summed E-state index contributed by atoms with van der Waals surface area (Å²) < 4.78 is 13.5. The van der Waals surface area contributed by atoms with E-state index in [1.54, 1.807) is 12.1 Å². The van der Waals surface area contributed by atoms with Gasteiger partial charge in [0.2, 0.25) is 0 Å². The quantitative estimate of drug-likeness (QED) is 0.876. The lowest BCUT2D eigenvalue weighted by Gasteiger charge is -2.06. The van der Waals surface area contributed by atoms with Crippen molar-refractivity contribution in [2.75, 3.05) is 0 Å². The lowest BCUT2D eigenvalue weighted by atomic mass is 10.2. The van der Waals surface area contributed by atoms with E-state index < -0.39 is 0 Å². The third-order valence-corrected chi connectivity index (χ3v) is 3.06. The van der Waals surface area contributed by atoms with E-state index in [0.29, 0.717) is 28.7 Å². The van der Waals surface area contributed by atoms with Crippen molar-refractivity contribution < 1.29 is 4.39 Å². The summed E-state index contributed by atoms with van der Waals surface area (Å²) in [5.41, 5.74) is 1.71. The normalized spacial score (nSPS) is 10.6. The molecule has 4 heteroatoms. The second-order valence-corrected chi connectivity index (χ2v) is 4.84. The van der Waals surface area contributed by atoms with Crippen LogP contribution in [0.25, 0.3) is 0 Å². The van der Waals surface area contributed by atoms with Crippen LogP contribution in [-0.2, 0) is 13.1 Å². The molecule has 0 saturated carbocycles. The highest BCUT2D eigenvalue weighted by Gasteiger charge is 2.02. The number of hydrogen-bond donors (Lipinski definition) is 1. The van der Waals surface area contributed by atoms with Gasteiger partial charge in [-0.1, -0.05) is 41.4 Å². The fraction of sp³-hybridized carbons (Fsp3) is 0.143. The minimum atomic E-state index is -0.286. The highest BCUT2D eigenvalue weighted by molar-refractivity contribution is 6.30. The molecule has 0 amide bonds. The molecule has 0 saturated heterocycles. The van der Waals surface area contributed by atoms with Crippen molar-refractivity contribution in [1.29, 1.82) is 0 Å². The van der Waals surface area contributed by atoms with Crippen LogP contribution in [0.5, 0.6) is 0 Å². The van der Waals surface area contributed by atoms with E-state index in [4.69, 9.17) is 23.2 Å². The Morgan fingerprint density at radius 2 is 1.56 bits per heavy atom. The third-order valence-electron chi connectivity index (χ3n) is 2.57. The zero-order valence-electron chi connectivity index (χ0n) is 9.59. The molecule has 0 fully saturated rings. The average Bonchev–Trinajstić information content (AvgIpc) is 2.34. The van der Waals surface area contributed by atoms with Gasteiger partial charge < -0.3 is 5.32 Å². The van der Waals surface area contributed by atoms with Gasteiger partial charge in [-0.25, -0.2) is 4.39 Å². The first-order valence-electron chi connectivity index (χ1n) is 5.54. The number of hydrogen-bond acceptors (Lipinski definition) is 1. The molecule has 2 rings (SSSR count). The van der Waals surface area contributed by atoms with Crippen molar-refractivity contribution in [3.05, 3.63) is 69.5 Å². The van der Waals surface area contributed by atoms with Crippen LogP contribution < -0.4 is 5.32 Å². The fourth-order valence-electron chi connectivity index (χ4n) is 1.61. The maximum atomic E-state index is 13.5. The zero-order valence-corrected chi connectivity index (χ0v) is 11.1. The molecule has 0 aromatic heterocycles. The molecule has 2 aromatic rings. The Morgan fingerprint density at radius 1 is 0.889 bits per heavy atom. The highest BCUT2D eigenvalue weighted by atomic mass is 35.5. The fourth-order valence-corrected chi connectivity index (χ4v) is 1.89. The molecule has 94 valence electrons. The molecule has 0 heterocycles. The largest absolute Gasteiger partial charge is 0.309 e. The van der Waals surface area contributed by atoms with Crippen molar-refractivity contribution in [3.63, 3.8) is 0 Å². The summed E-state index contributed by atoms with van der Waals surface area (Å²) in [6, 6.07) is 12.2. The Kier molecular flexibility index (Phi) is 4.59. The van der Waals surface area contributed by atoms with Crippen molar-refractivity contribution in [1.82, 2.24) is 5.32 Å². The van der Waals surface area contributed by atoms with Crippen LogP contribution in [0, 0.1) is 5.82 Å². The second-order valence-electron chi connectivity index (χ2n) is 3.97. The summed E-state index contributed by atoms with van der Waals surface area (Å²) >= 11 is 11.5. The maximum Gasteiger partial charge on any atom is 0.129 e. The van der Waals surface area contributed by atoms with Crippen LogP contribution in [0.2, 0.25) is 10.0 Å². The first-order chi connectivity index (χ1) is 8.65. The Hall–Kier alpha value is -1.09. The highest BCUT2D eigenvalue weighted by Crippen LogP contribution is 2.14. The van der Waals surface area contributed by atoms with E-state index in [1.807, 2.05) is 24.3 Å². The third kappa shape index (κ3) is 3.70. The van der Waals surface area contributed by atoms with E-state index in [0.717, 1.165) is 5.56 Å². The smallest absolute Gasteiger partial charge is 0.129 e. The minimum absolute atomic E-state index is 0.286. The van der Waals surface area contributed by atoms with E-state index in [2.05, 4.69) is 5.32 Å². The van der Waals surface area contributed by atoms with Crippen LogP contribution in [0.15, 0.2) is 42.5 Å². The number of rotatable bonds is 4. The molecule has 0 aliphatic carbocycles. The molecule has 1 nitrogen and oxygen atoms in total. The Morgan fingerprint density at radius 3 is 2.22 bits per heavy atom. The van der Waals surface area contributed by atoms with Gasteiger partial charge in [0.1, 0.15) is 5.82 Å². The number of halogens is 3. The lowest BCUT2D eigenvalue weighted by molar-refractivity contribution is 0.588. The summed E-state index contributed by atoms with van der Waals surface area (Å²) in [7, 11) is 0. The summed E-state index contributed by atoms with van der Waals surface area (Å²) in [4.78, 5) is 0. The molecule has 0 radical (unpaired) electrons. The van der Waals surface area contributed by atoms with E-state index in [-0.39, 0.29) is 5.82 Å². The van der Waals surface area contributed by atoms with Crippen molar-refractivity contribution in [2.45, 2.75) is 13.1 Å². The van der Waals surface area contributed by atoms with Crippen molar-refractivity contribution in [3.8, 4) is 0 Å². The minimum Gasteiger partial charge on any atom is -0.309 e. The standard InChI is InChI=1S/C14H12Cl2FN/c15-12-4-1-10(2-5-12)8-18-9-11-3-6-13(16)7-14(11)17/h1-7,18H,8-9H2. The van der Waals surface area contributed by atoms with Gasteiger partial charge in [-0.3, -0.25) is 0 Å². The molecule has 0 bridgehead atoms. The van der Waals surface area contributed by atoms with Gasteiger partial charge in [0, 0.05) is 28.7 Å². The topological polar surface area (TPSA) is 12.0 Å². The molecule has 1 N–H and O–H groups in total. The first kappa shape index (κ1) is 13.3. The Bertz CT molecular complexity index is 526. The van der Waals surface area contributed by atoms with Crippen LogP contribution >= 0.6 is 23.2 Å². The van der Waals surface area contributed by atoms with E-state index >= 15 is 0 Å². The van der Waals surface area contributed by atoms with Gasteiger partial charge in [-0.05, 0) is 29.8 Å². The number of benzene rings is 2. The summed E-state index contributed by atoms with van der Waals surface area (Å²) in [6.45, 7) is 1.13.